The molecule has 2 N–H and O–H groups in total. The lowest BCUT2D eigenvalue weighted by Gasteiger charge is -2.29. The summed E-state index contributed by atoms with van der Waals surface area (Å²) >= 11 is 0. The molecule has 3 unspecified atom stereocenters. The first-order valence-electron chi connectivity index (χ1n) is 7.62. The Morgan fingerprint density at radius 1 is 1.17 bits per heavy atom. The third-order valence-electron chi connectivity index (χ3n) is 4.92. The topological polar surface area (TPSA) is 63.4 Å². The molecule has 0 bridgehead atoms. The number of nitrogens with two attached hydrogens (primary N) is 1. The van der Waals surface area contributed by atoms with Gasteiger partial charge in [0.2, 0.25) is 10.0 Å². The van der Waals surface area contributed by atoms with Crippen LogP contribution in [-0.2, 0) is 16.2 Å². The first-order valence-corrected chi connectivity index (χ1v) is 9.06. The lowest BCUT2D eigenvalue weighted by atomic mass is 9.78. The van der Waals surface area contributed by atoms with Crippen molar-refractivity contribution in [1.82, 2.24) is 4.31 Å². The van der Waals surface area contributed by atoms with Gasteiger partial charge in [0.15, 0.2) is 0 Å². The number of rotatable bonds is 2. The molecule has 3 atom stereocenters. The van der Waals surface area contributed by atoms with Crippen LogP contribution in [0.1, 0.15) is 24.8 Å². The number of benzene rings is 1. The van der Waals surface area contributed by atoms with Crippen LogP contribution in [-0.4, -0.2) is 31.9 Å². The highest BCUT2D eigenvalue weighted by Crippen LogP contribution is 2.38. The summed E-state index contributed by atoms with van der Waals surface area (Å²) in [7, 11) is -3.93. The Balaban J connectivity index is 0.00000208. The van der Waals surface area contributed by atoms with Crippen LogP contribution in [0.4, 0.5) is 13.2 Å². The van der Waals surface area contributed by atoms with Crippen LogP contribution in [0.5, 0.6) is 0 Å². The van der Waals surface area contributed by atoms with E-state index < -0.39 is 21.8 Å². The van der Waals surface area contributed by atoms with E-state index in [-0.39, 0.29) is 35.2 Å². The van der Waals surface area contributed by atoms with Gasteiger partial charge >= 0.3 is 6.18 Å². The van der Waals surface area contributed by atoms with Crippen molar-refractivity contribution in [3.8, 4) is 0 Å². The smallest absolute Gasteiger partial charge is 0.327 e. The Hall–Kier alpha value is -0.830. The van der Waals surface area contributed by atoms with E-state index in [1.807, 2.05) is 0 Å². The highest BCUT2D eigenvalue weighted by atomic mass is 35.5. The number of hydrogen-bond acceptors (Lipinski definition) is 3. The van der Waals surface area contributed by atoms with Crippen LogP contribution in [0.15, 0.2) is 29.2 Å². The van der Waals surface area contributed by atoms with Crippen molar-refractivity contribution in [2.24, 2.45) is 17.6 Å². The molecular formula is C15H20ClF3N2O2S. The highest BCUT2D eigenvalue weighted by Gasteiger charge is 2.43. The van der Waals surface area contributed by atoms with E-state index in [2.05, 4.69) is 0 Å². The van der Waals surface area contributed by atoms with E-state index in [9.17, 15) is 21.6 Å². The van der Waals surface area contributed by atoms with Crippen molar-refractivity contribution in [1.29, 1.82) is 0 Å². The molecule has 1 aromatic rings. The maximum Gasteiger partial charge on any atom is 0.416 e. The average Bonchev–Trinajstić information content (AvgIpc) is 2.93. The molecule has 1 aromatic carbocycles. The zero-order valence-electron chi connectivity index (χ0n) is 12.9. The molecule has 0 radical (unpaired) electrons. The van der Waals surface area contributed by atoms with Gasteiger partial charge in [-0.2, -0.15) is 17.5 Å². The van der Waals surface area contributed by atoms with Gasteiger partial charge in [-0.3, -0.25) is 0 Å². The molecule has 2 fully saturated rings. The molecule has 1 aliphatic carbocycles. The van der Waals surface area contributed by atoms with E-state index >= 15 is 0 Å². The molecule has 9 heteroatoms. The van der Waals surface area contributed by atoms with E-state index in [0.29, 0.717) is 19.2 Å². The summed E-state index contributed by atoms with van der Waals surface area (Å²) < 4.78 is 65.1. The van der Waals surface area contributed by atoms with E-state index in [4.69, 9.17) is 5.73 Å². The third-order valence-corrected chi connectivity index (χ3v) is 6.75. The predicted molar refractivity (Wildman–Crippen MR) is 86.3 cm³/mol. The standard InChI is InChI=1S/C15H19F3N2O2S.ClH/c16-15(17,18)11-4-2-5-12(7-11)23(21,22)20-8-10-3-1-6-14(19)13(10)9-20;/h2,4-5,7,10,13-14H,1,3,6,8-9,19H2;1H. The van der Waals surface area contributed by atoms with Crippen LogP contribution in [0.2, 0.25) is 0 Å². The maximum atomic E-state index is 12.8. The number of halogens is 4. The second-order valence-electron chi connectivity index (χ2n) is 6.37. The molecule has 136 valence electrons. The van der Waals surface area contributed by atoms with Crippen molar-refractivity contribution >= 4 is 22.4 Å². The van der Waals surface area contributed by atoms with Gasteiger partial charge in [-0.25, -0.2) is 8.42 Å². The lowest BCUT2D eigenvalue weighted by Crippen LogP contribution is -2.38. The molecule has 1 saturated heterocycles. The number of alkyl halides is 3. The zero-order chi connectivity index (χ0) is 16.8. The fraction of sp³-hybridized carbons (Fsp3) is 0.600. The lowest BCUT2D eigenvalue weighted by molar-refractivity contribution is -0.137. The number of hydrogen-bond donors (Lipinski definition) is 1. The molecule has 2 aliphatic rings. The number of nitrogens with zero attached hydrogens (tertiary/aromatic N) is 1. The van der Waals surface area contributed by atoms with Crippen LogP contribution < -0.4 is 5.73 Å². The fourth-order valence-electron chi connectivity index (χ4n) is 3.65. The first-order chi connectivity index (χ1) is 10.7. The predicted octanol–water partition coefficient (Wildman–Crippen LogP) is 2.88. The molecule has 0 spiro atoms. The van der Waals surface area contributed by atoms with Crippen molar-refractivity contribution in [2.45, 2.75) is 36.4 Å². The summed E-state index contributed by atoms with van der Waals surface area (Å²) in [4.78, 5) is -0.306. The van der Waals surface area contributed by atoms with Crippen LogP contribution in [0.25, 0.3) is 0 Å². The molecule has 0 amide bonds. The van der Waals surface area contributed by atoms with Crippen LogP contribution >= 0.6 is 12.4 Å². The fourth-order valence-corrected chi connectivity index (χ4v) is 5.23. The normalized spacial score (nSPS) is 28.2. The quantitative estimate of drug-likeness (QED) is 0.852. The summed E-state index contributed by atoms with van der Waals surface area (Å²) in [5, 5.41) is 0. The summed E-state index contributed by atoms with van der Waals surface area (Å²) in [6, 6.07) is 3.89. The number of sulfonamides is 1. The van der Waals surface area contributed by atoms with E-state index in [1.54, 1.807) is 0 Å². The van der Waals surface area contributed by atoms with Crippen molar-refractivity contribution in [3.05, 3.63) is 29.8 Å². The zero-order valence-corrected chi connectivity index (χ0v) is 14.5. The molecule has 24 heavy (non-hydrogen) atoms. The van der Waals surface area contributed by atoms with Gasteiger partial charge < -0.3 is 5.73 Å². The molecular weight excluding hydrogens is 365 g/mol. The second kappa shape index (κ2) is 6.82. The van der Waals surface area contributed by atoms with Gasteiger partial charge in [-0.15, -0.1) is 12.4 Å². The van der Waals surface area contributed by atoms with Crippen molar-refractivity contribution in [2.75, 3.05) is 13.1 Å². The van der Waals surface area contributed by atoms with Crippen molar-refractivity contribution in [3.63, 3.8) is 0 Å². The summed E-state index contributed by atoms with van der Waals surface area (Å²) in [6.07, 6.45) is -1.79. The third kappa shape index (κ3) is 3.56. The molecule has 3 rings (SSSR count). The largest absolute Gasteiger partial charge is 0.416 e. The monoisotopic (exact) mass is 384 g/mol. The van der Waals surface area contributed by atoms with E-state index in [1.165, 1.54) is 10.4 Å². The number of fused-ring (bicyclic) bond motifs is 1. The Morgan fingerprint density at radius 2 is 1.88 bits per heavy atom. The highest BCUT2D eigenvalue weighted by molar-refractivity contribution is 7.89. The van der Waals surface area contributed by atoms with Crippen LogP contribution in [0.3, 0.4) is 0 Å². The average molecular weight is 385 g/mol. The Morgan fingerprint density at radius 3 is 2.50 bits per heavy atom. The van der Waals surface area contributed by atoms with Crippen molar-refractivity contribution < 1.29 is 21.6 Å². The minimum Gasteiger partial charge on any atom is -0.327 e. The van der Waals surface area contributed by atoms with Gasteiger partial charge in [-0.05, 0) is 42.9 Å². The molecule has 1 aliphatic heterocycles. The Labute approximate surface area is 145 Å². The molecule has 1 saturated carbocycles. The maximum absolute atomic E-state index is 12.8. The summed E-state index contributed by atoms with van der Waals surface area (Å²) in [5.74, 6) is 0.309. The Bertz CT molecular complexity index is 696. The van der Waals surface area contributed by atoms with Gasteiger partial charge in [0.25, 0.3) is 0 Å². The first kappa shape index (κ1) is 19.5. The molecule has 1 heterocycles. The van der Waals surface area contributed by atoms with Gasteiger partial charge in [0.05, 0.1) is 10.5 Å². The summed E-state index contributed by atoms with van der Waals surface area (Å²) in [5.41, 5.74) is 5.12. The van der Waals surface area contributed by atoms with Crippen LogP contribution in [0, 0.1) is 11.8 Å². The molecule has 0 aromatic heterocycles. The summed E-state index contributed by atoms with van der Waals surface area (Å²) in [6.45, 7) is 0.640. The minimum absolute atomic E-state index is 0. The molecule has 4 nitrogen and oxygen atoms in total. The minimum atomic E-state index is -4.56. The van der Waals surface area contributed by atoms with E-state index in [0.717, 1.165) is 31.4 Å². The SMILES string of the molecule is Cl.NC1CCCC2CN(S(=O)(=O)c3cccc(C(F)(F)F)c3)CC12. The Kier molecular flexibility index (Phi) is 5.54. The second-order valence-corrected chi connectivity index (χ2v) is 8.30. The van der Waals surface area contributed by atoms with Gasteiger partial charge in [-0.1, -0.05) is 12.5 Å². The van der Waals surface area contributed by atoms with Gasteiger partial charge in [0, 0.05) is 19.1 Å². The van der Waals surface area contributed by atoms with Gasteiger partial charge in [0.1, 0.15) is 0 Å².